The van der Waals surface area contributed by atoms with Gasteiger partial charge < -0.3 is 21.5 Å². The van der Waals surface area contributed by atoms with Gasteiger partial charge in [-0.3, -0.25) is 14.4 Å². The van der Waals surface area contributed by atoms with Crippen LogP contribution in [0.2, 0.25) is 0 Å². The Bertz CT molecular complexity index is 267. The maximum atomic E-state index is 11.3. The third-order valence-electron chi connectivity index (χ3n) is 1.86. The van der Waals surface area contributed by atoms with Crippen molar-refractivity contribution >= 4 is 17.8 Å². The van der Waals surface area contributed by atoms with Crippen LogP contribution in [0.3, 0.4) is 0 Å². The highest BCUT2D eigenvalue weighted by Gasteiger charge is 2.22. The van der Waals surface area contributed by atoms with Crippen LogP contribution in [0, 0.1) is 0 Å². The topological polar surface area (TPSA) is 122 Å². The van der Waals surface area contributed by atoms with Gasteiger partial charge in [0.15, 0.2) is 0 Å². The van der Waals surface area contributed by atoms with E-state index in [1.165, 1.54) is 0 Å². The summed E-state index contributed by atoms with van der Waals surface area (Å²) in [5.41, 5.74) is 4.94. The second-order valence-corrected chi connectivity index (χ2v) is 3.07. The first-order valence-electron chi connectivity index (χ1n) is 4.37. The summed E-state index contributed by atoms with van der Waals surface area (Å²) in [7, 11) is 1.57. The van der Waals surface area contributed by atoms with Gasteiger partial charge in [0, 0.05) is 0 Å². The van der Waals surface area contributed by atoms with E-state index in [2.05, 4.69) is 10.6 Å². The summed E-state index contributed by atoms with van der Waals surface area (Å²) in [6.07, 6.45) is -0.516. The normalized spacial score (nSPS) is 14.0. The van der Waals surface area contributed by atoms with Crippen LogP contribution in [0.5, 0.6) is 0 Å². The molecule has 86 valence electrons. The second-order valence-electron chi connectivity index (χ2n) is 3.07. The van der Waals surface area contributed by atoms with Crippen molar-refractivity contribution in [1.82, 2.24) is 10.6 Å². The number of primary amides is 1. The first kappa shape index (κ1) is 13.4. The molecular formula is C8H15N3O4. The molecule has 7 nitrogen and oxygen atoms in total. The van der Waals surface area contributed by atoms with Crippen LogP contribution in [0.4, 0.5) is 0 Å². The molecule has 0 aliphatic heterocycles. The number of amides is 2. The molecule has 0 aromatic rings. The molecule has 0 saturated carbocycles. The summed E-state index contributed by atoms with van der Waals surface area (Å²) >= 11 is 0. The Hall–Kier alpha value is -1.63. The van der Waals surface area contributed by atoms with Crippen LogP contribution in [-0.2, 0) is 14.4 Å². The average Bonchev–Trinajstić information content (AvgIpc) is 2.14. The molecule has 0 heterocycles. The van der Waals surface area contributed by atoms with Crippen LogP contribution >= 0.6 is 0 Å². The fourth-order valence-corrected chi connectivity index (χ4v) is 0.825. The summed E-state index contributed by atoms with van der Waals surface area (Å²) in [6, 6.07) is -1.69. The summed E-state index contributed by atoms with van der Waals surface area (Å²) in [6.45, 7) is 1.58. The fraction of sp³-hybridized carbons (Fsp3) is 0.625. The zero-order valence-electron chi connectivity index (χ0n) is 8.61. The van der Waals surface area contributed by atoms with E-state index >= 15 is 0 Å². The molecule has 0 aromatic carbocycles. The molecule has 0 aromatic heterocycles. The van der Waals surface area contributed by atoms with Crippen molar-refractivity contribution in [3.8, 4) is 0 Å². The van der Waals surface area contributed by atoms with Gasteiger partial charge in [0.1, 0.15) is 6.04 Å². The minimum absolute atomic E-state index is 0.470. The third kappa shape index (κ3) is 4.96. The average molecular weight is 217 g/mol. The Kier molecular flexibility index (Phi) is 5.32. The quantitative estimate of drug-likeness (QED) is 0.411. The Labute approximate surface area is 87.0 Å². The SMILES string of the molecule is CN[C@@H](C)C(=O)N[C@@H](CC(=O)O)C(N)=O. The number of carboxylic acids is 1. The van der Waals surface area contributed by atoms with E-state index in [1.807, 2.05) is 0 Å². The highest BCUT2D eigenvalue weighted by molar-refractivity contribution is 5.91. The van der Waals surface area contributed by atoms with E-state index in [0.29, 0.717) is 0 Å². The maximum absolute atomic E-state index is 11.3. The lowest BCUT2D eigenvalue weighted by Crippen LogP contribution is -2.50. The Morgan fingerprint density at radius 3 is 2.27 bits per heavy atom. The number of carbonyl (C=O) groups excluding carboxylic acids is 2. The lowest BCUT2D eigenvalue weighted by Gasteiger charge is -2.16. The van der Waals surface area contributed by atoms with Crippen molar-refractivity contribution in [2.75, 3.05) is 7.05 Å². The van der Waals surface area contributed by atoms with Crippen LogP contribution in [0.25, 0.3) is 0 Å². The van der Waals surface area contributed by atoms with Gasteiger partial charge in [-0.25, -0.2) is 0 Å². The minimum Gasteiger partial charge on any atom is -0.481 e. The molecule has 2 amide bonds. The van der Waals surface area contributed by atoms with Gasteiger partial charge in [-0.05, 0) is 14.0 Å². The molecule has 0 fully saturated rings. The standard InChI is InChI=1S/C8H15N3O4/c1-4(10-2)8(15)11-5(7(9)14)3-6(12)13/h4-5,10H,3H2,1-2H3,(H2,9,14)(H,11,15)(H,12,13)/t4-,5-/m0/s1. The number of likely N-dealkylation sites (N-methyl/N-ethyl adjacent to an activating group) is 1. The van der Waals surface area contributed by atoms with Crippen LogP contribution in [0.15, 0.2) is 0 Å². The summed E-state index contributed by atoms with van der Waals surface area (Å²) in [4.78, 5) is 32.5. The van der Waals surface area contributed by atoms with Crippen molar-refractivity contribution in [3.63, 3.8) is 0 Å². The molecular weight excluding hydrogens is 202 g/mol. The molecule has 0 aliphatic carbocycles. The summed E-state index contributed by atoms with van der Waals surface area (Å²) in [5.74, 6) is -2.53. The van der Waals surface area contributed by atoms with Crippen LogP contribution in [0.1, 0.15) is 13.3 Å². The number of nitrogens with one attached hydrogen (secondary N) is 2. The van der Waals surface area contributed by atoms with Gasteiger partial charge >= 0.3 is 5.97 Å². The van der Waals surface area contributed by atoms with E-state index in [9.17, 15) is 14.4 Å². The number of carbonyl (C=O) groups is 3. The van der Waals surface area contributed by atoms with Gasteiger partial charge in [0.05, 0.1) is 12.5 Å². The van der Waals surface area contributed by atoms with Crippen LogP contribution in [-0.4, -0.2) is 42.0 Å². The van der Waals surface area contributed by atoms with E-state index in [0.717, 1.165) is 0 Å². The highest BCUT2D eigenvalue weighted by atomic mass is 16.4. The molecule has 0 saturated heterocycles. The van der Waals surface area contributed by atoms with Gasteiger partial charge in [0.25, 0.3) is 0 Å². The predicted molar refractivity (Wildman–Crippen MR) is 51.9 cm³/mol. The molecule has 0 rings (SSSR count). The number of aliphatic carboxylic acids is 1. The lowest BCUT2D eigenvalue weighted by molar-refractivity contribution is -0.140. The maximum Gasteiger partial charge on any atom is 0.305 e. The number of rotatable bonds is 6. The van der Waals surface area contributed by atoms with Crippen molar-refractivity contribution < 1.29 is 19.5 Å². The smallest absolute Gasteiger partial charge is 0.305 e. The van der Waals surface area contributed by atoms with Crippen LogP contribution < -0.4 is 16.4 Å². The Balaban J connectivity index is 4.35. The van der Waals surface area contributed by atoms with Crippen molar-refractivity contribution in [2.45, 2.75) is 25.4 Å². The molecule has 2 atom stereocenters. The zero-order valence-corrected chi connectivity index (χ0v) is 8.61. The third-order valence-corrected chi connectivity index (χ3v) is 1.86. The predicted octanol–water partition coefficient (Wildman–Crippen LogP) is -1.96. The zero-order chi connectivity index (χ0) is 12.0. The van der Waals surface area contributed by atoms with E-state index in [-0.39, 0.29) is 0 Å². The molecule has 0 bridgehead atoms. The first-order chi connectivity index (χ1) is 6.88. The van der Waals surface area contributed by atoms with E-state index in [4.69, 9.17) is 10.8 Å². The summed E-state index contributed by atoms with van der Waals surface area (Å²) < 4.78 is 0. The molecule has 7 heteroatoms. The van der Waals surface area contributed by atoms with Gasteiger partial charge in [-0.15, -0.1) is 0 Å². The number of carboxylic acid groups (broad SMARTS) is 1. The Morgan fingerprint density at radius 2 is 1.93 bits per heavy atom. The van der Waals surface area contributed by atoms with Gasteiger partial charge in [-0.2, -0.15) is 0 Å². The molecule has 0 aliphatic rings. The summed E-state index contributed by atoms with van der Waals surface area (Å²) in [5, 5.41) is 13.4. The first-order valence-corrected chi connectivity index (χ1v) is 4.37. The number of hydrogen-bond acceptors (Lipinski definition) is 4. The Morgan fingerprint density at radius 1 is 1.40 bits per heavy atom. The number of nitrogens with two attached hydrogens (primary N) is 1. The highest BCUT2D eigenvalue weighted by Crippen LogP contribution is 1.93. The van der Waals surface area contributed by atoms with Crippen molar-refractivity contribution in [3.05, 3.63) is 0 Å². The molecule has 0 radical (unpaired) electrons. The van der Waals surface area contributed by atoms with E-state index in [1.54, 1.807) is 14.0 Å². The van der Waals surface area contributed by atoms with E-state index < -0.39 is 36.3 Å². The second kappa shape index (κ2) is 5.97. The molecule has 15 heavy (non-hydrogen) atoms. The lowest BCUT2D eigenvalue weighted by atomic mass is 10.2. The van der Waals surface area contributed by atoms with Gasteiger partial charge in [0.2, 0.25) is 11.8 Å². The molecule has 0 spiro atoms. The largest absolute Gasteiger partial charge is 0.481 e. The van der Waals surface area contributed by atoms with Gasteiger partial charge in [-0.1, -0.05) is 0 Å². The van der Waals surface area contributed by atoms with Crippen molar-refractivity contribution in [1.29, 1.82) is 0 Å². The monoisotopic (exact) mass is 217 g/mol. The van der Waals surface area contributed by atoms with Crippen molar-refractivity contribution in [2.24, 2.45) is 5.73 Å². The molecule has 5 N–H and O–H groups in total. The fourth-order valence-electron chi connectivity index (χ4n) is 0.825. The number of hydrogen-bond donors (Lipinski definition) is 4. The molecule has 0 unspecified atom stereocenters. The minimum atomic E-state index is -1.20.